The second-order valence-electron chi connectivity index (χ2n) is 16.6. The number of aliphatic hydroxyl groups is 1. The summed E-state index contributed by atoms with van der Waals surface area (Å²) in [5.41, 5.74) is 0. The first-order valence-corrected chi connectivity index (χ1v) is 24.5. The number of nitrogens with zero attached hydrogens (tertiary/aromatic N) is 1. The number of likely N-dealkylation sites (N-methyl/N-ethyl adjacent to an activating group) is 1. The summed E-state index contributed by atoms with van der Waals surface area (Å²) in [6.07, 6.45) is 44.6. The van der Waals surface area contributed by atoms with Crippen LogP contribution >= 0.6 is 7.82 Å². The molecule has 342 valence electrons. The summed E-state index contributed by atoms with van der Waals surface area (Å²) >= 11 is 0. The monoisotopic (exact) mass is 852 g/mol. The van der Waals surface area contributed by atoms with Crippen molar-refractivity contribution in [1.29, 1.82) is 0 Å². The van der Waals surface area contributed by atoms with Crippen LogP contribution in [0.4, 0.5) is 0 Å². The van der Waals surface area contributed by atoms with E-state index >= 15 is 0 Å². The van der Waals surface area contributed by atoms with E-state index < -0.39 is 32.5 Å². The highest BCUT2D eigenvalue weighted by Crippen LogP contribution is 2.38. The lowest BCUT2D eigenvalue weighted by Gasteiger charge is -2.28. The molecule has 11 heteroatoms. The molecule has 2 unspecified atom stereocenters. The maximum atomic E-state index is 12.7. The van der Waals surface area contributed by atoms with Gasteiger partial charge in [0.15, 0.2) is 6.10 Å². The molecule has 0 aliphatic rings. The number of unbranched alkanes of at least 4 members (excludes halogenated alkanes) is 14. The standard InChI is InChI=1S/C48H86NO9P/c1-6-8-9-10-11-12-13-14-15-16-17-20-23-26-29-32-35-39-47(51)55-43-46(44-57-59(53,54)56-42-41-49(3,4)5)58-48(52)40-36-33-30-27-24-21-18-19-22-25-28-31-34-38-45(50)37-7-2/h14-15,18,21-22,25,27,30-31,34,45-46,50H,6-13,16-17,19-20,23-24,26,28-29,32-33,35-44H2,1-5H3/b15-14-,21-18-,25-22-,30-27-,34-31-/t45?,46-/m1/s1. The van der Waals surface area contributed by atoms with Gasteiger partial charge in [0.25, 0.3) is 7.82 Å². The van der Waals surface area contributed by atoms with Crippen LogP contribution in [0.25, 0.3) is 0 Å². The van der Waals surface area contributed by atoms with Crippen molar-refractivity contribution in [1.82, 2.24) is 0 Å². The van der Waals surface area contributed by atoms with Gasteiger partial charge in [-0.3, -0.25) is 14.2 Å². The van der Waals surface area contributed by atoms with Crippen LogP contribution in [0.15, 0.2) is 60.8 Å². The van der Waals surface area contributed by atoms with E-state index in [0.717, 1.165) is 57.8 Å². The molecule has 3 atom stereocenters. The number of rotatable bonds is 41. The van der Waals surface area contributed by atoms with E-state index in [0.29, 0.717) is 36.7 Å². The SMILES string of the molecule is CCCCCCCC/C=C\CCCCCCCCCC(=O)OC[C@H](COP(=O)([O-])OCC[N+](C)(C)C)OC(=O)CCC/C=C\C/C=C\C/C=C\C/C=C\CC(O)CCC. The number of phosphoric ester groups is 1. The summed E-state index contributed by atoms with van der Waals surface area (Å²) in [6.45, 7) is 3.94. The Kier molecular flexibility index (Phi) is 38.2. The predicted molar refractivity (Wildman–Crippen MR) is 242 cm³/mol. The topological polar surface area (TPSA) is 131 Å². The second-order valence-corrected chi connectivity index (χ2v) is 18.0. The third-order valence-electron chi connectivity index (χ3n) is 9.57. The maximum Gasteiger partial charge on any atom is 0.306 e. The molecular formula is C48H86NO9P. The van der Waals surface area contributed by atoms with Gasteiger partial charge < -0.3 is 33.0 Å². The fourth-order valence-corrected chi connectivity index (χ4v) is 6.68. The molecule has 0 heterocycles. The summed E-state index contributed by atoms with van der Waals surface area (Å²) in [6, 6.07) is 0. The van der Waals surface area contributed by atoms with Crippen molar-refractivity contribution in [3.63, 3.8) is 0 Å². The van der Waals surface area contributed by atoms with Crippen LogP contribution in [0, 0.1) is 0 Å². The number of allylic oxidation sites excluding steroid dienone is 9. The molecule has 0 rings (SSSR count). The molecule has 0 bridgehead atoms. The zero-order chi connectivity index (χ0) is 43.7. The average Bonchev–Trinajstić information content (AvgIpc) is 3.18. The number of hydrogen-bond donors (Lipinski definition) is 1. The lowest BCUT2D eigenvalue weighted by molar-refractivity contribution is -0.870. The first kappa shape index (κ1) is 56.7. The fraction of sp³-hybridized carbons (Fsp3) is 0.750. The van der Waals surface area contributed by atoms with Gasteiger partial charge in [-0.2, -0.15) is 0 Å². The normalized spacial score (nSPS) is 14.6. The third kappa shape index (κ3) is 43.6. The molecule has 0 aromatic carbocycles. The van der Waals surface area contributed by atoms with Crippen molar-refractivity contribution < 1.29 is 47.2 Å². The fourth-order valence-electron chi connectivity index (χ4n) is 5.95. The number of carbonyl (C=O) groups is 2. The van der Waals surface area contributed by atoms with Crippen LogP contribution < -0.4 is 4.89 Å². The van der Waals surface area contributed by atoms with Crippen molar-refractivity contribution in [2.24, 2.45) is 0 Å². The van der Waals surface area contributed by atoms with Gasteiger partial charge in [-0.25, -0.2) is 0 Å². The third-order valence-corrected chi connectivity index (χ3v) is 10.5. The van der Waals surface area contributed by atoms with Crippen LogP contribution in [-0.4, -0.2) is 81.2 Å². The Hall–Kier alpha value is -2.33. The highest BCUT2D eigenvalue weighted by atomic mass is 31.2. The van der Waals surface area contributed by atoms with Gasteiger partial charge in [0.2, 0.25) is 0 Å². The van der Waals surface area contributed by atoms with Gasteiger partial charge in [0.1, 0.15) is 19.8 Å². The van der Waals surface area contributed by atoms with Crippen LogP contribution in [0.5, 0.6) is 0 Å². The Bertz CT molecular complexity index is 1210. The Morgan fingerprint density at radius 3 is 1.68 bits per heavy atom. The van der Waals surface area contributed by atoms with E-state index in [1.54, 1.807) is 0 Å². The van der Waals surface area contributed by atoms with Crippen molar-refractivity contribution in [2.45, 2.75) is 187 Å². The summed E-state index contributed by atoms with van der Waals surface area (Å²) in [5.74, 6) is -0.928. The smallest absolute Gasteiger partial charge is 0.306 e. The lowest BCUT2D eigenvalue weighted by atomic mass is 10.1. The molecule has 0 aliphatic heterocycles. The van der Waals surface area contributed by atoms with Crippen LogP contribution in [0.1, 0.15) is 174 Å². The first-order chi connectivity index (χ1) is 28.4. The molecule has 10 nitrogen and oxygen atoms in total. The van der Waals surface area contributed by atoms with E-state index in [-0.39, 0.29) is 32.2 Å². The van der Waals surface area contributed by atoms with Gasteiger partial charge in [-0.15, -0.1) is 0 Å². The van der Waals surface area contributed by atoms with Gasteiger partial charge in [-0.05, 0) is 77.0 Å². The van der Waals surface area contributed by atoms with Gasteiger partial charge in [0, 0.05) is 12.8 Å². The minimum atomic E-state index is -4.65. The summed E-state index contributed by atoms with van der Waals surface area (Å²) in [5, 5.41) is 9.74. The Balaban J connectivity index is 4.46. The molecule has 0 saturated carbocycles. The molecule has 0 fully saturated rings. The molecular weight excluding hydrogens is 765 g/mol. The van der Waals surface area contributed by atoms with Gasteiger partial charge in [-0.1, -0.05) is 145 Å². The summed E-state index contributed by atoms with van der Waals surface area (Å²) in [4.78, 5) is 37.6. The van der Waals surface area contributed by atoms with E-state index in [1.165, 1.54) is 64.2 Å². The molecule has 0 aromatic rings. The maximum absolute atomic E-state index is 12.7. The Labute approximate surface area is 360 Å². The molecule has 59 heavy (non-hydrogen) atoms. The second kappa shape index (κ2) is 39.8. The summed E-state index contributed by atoms with van der Waals surface area (Å²) < 4.78 is 33.8. The number of carbonyl (C=O) groups excluding carboxylic acids is 2. The highest BCUT2D eigenvalue weighted by Gasteiger charge is 2.21. The quantitative estimate of drug-likeness (QED) is 0.0210. The lowest BCUT2D eigenvalue weighted by Crippen LogP contribution is -2.37. The molecule has 0 saturated heterocycles. The number of quaternary nitrogens is 1. The van der Waals surface area contributed by atoms with Crippen LogP contribution in [0.2, 0.25) is 0 Å². The molecule has 0 aliphatic carbocycles. The number of hydrogen-bond acceptors (Lipinski definition) is 9. The number of ether oxygens (including phenoxy) is 2. The van der Waals surface area contributed by atoms with Crippen LogP contribution in [-0.2, 0) is 32.7 Å². The van der Waals surface area contributed by atoms with Crippen molar-refractivity contribution >= 4 is 19.8 Å². The number of aliphatic hydroxyl groups excluding tert-OH is 1. The zero-order valence-electron chi connectivity index (χ0n) is 38.0. The average molecular weight is 852 g/mol. The minimum Gasteiger partial charge on any atom is -0.756 e. The van der Waals surface area contributed by atoms with Crippen LogP contribution in [0.3, 0.4) is 0 Å². The Morgan fingerprint density at radius 2 is 1.10 bits per heavy atom. The van der Waals surface area contributed by atoms with E-state index in [1.807, 2.05) is 39.4 Å². The van der Waals surface area contributed by atoms with Crippen molar-refractivity contribution in [2.75, 3.05) is 47.5 Å². The van der Waals surface area contributed by atoms with E-state index in [4.69, 9.17) is 18.5 Å². The molecule has 0 spiro atoms. The van der Waals surface area contributed by atoms with Crippen molar-refractivity contribution in [3.8, 4) is 0 Å². The van der Waals surface area contributed by atoms with E-state index in [9.17, 15) is 24.2 Å². The highest BCUT2D eigenvalue weighted by molar-refractivity contribution is 7.45. The van der Waals surface area contributed by atoms with Gasteiger partial charge >= 0.3 is 11.9 Å². The number of esters is 2. The van der Waals surface area contributed by atoms with Crippen molar-refractivity contribution in [3.05, 3.63) is 60.8 Å². The summed E-state index contributed by atoms with van der Waals surface area (Å²) in [7, 11) is 1.10. The Morgan fingerprint density at radius 1 is 0.610 bits per heavy atom. The molecule has 0 aromatic heterocycles. The largest absolute Gasteiger partial charge is 0.756 e. The molecule has 0 radical (unpaired) electrons. The molecule has 1 N–H and O–H groups in total. The van der Waals surface area contributed by atoms with E-state index in [2.05, 4.69) is 56.4 Å². The first-order valence-electron chi connectivity index (χ1n) is 23.1. The molecule has 0 amide bonds. The predicted octanol–water partition coefficient (Wildman–Crippen LogP) is 11.6. The van der Waals surface area contributed by atoms with Gasteiger partial charge in [0.05, 0.1) is 33.9 Å². The zero-order valence-corrected chi connectivity index (χ0v) is 38.9. The minimum absolute atomic E-state index is 0.0507. The number of phosphoric acid groups is 1.